The van der Waals surface area contributed by atoms with Crippen LogP contribution in [0.1, 0.15) is 5.56 Å². The molecule has 0 fully saturated rings. The molecule has 4 rings (SSSR count). The SMILES string of the molecule is CN(Cc1ccccc1)C(=O)CSc1nnc(-c2cccnc2)n1-c1ccc(Cl)c(Cl)c1. The van der Waals surface area contributed by atoms with Crippen molar-refractivity contribution in [1.29, 1.82) is 0 Å². The van der Waals surface area contributed by atoms with Gasteiger partial charge >= 0.3 is 0 Å². The maximum Gasteiger partial charge on any atom is 0.233 e. The van der Waals surface area contributed by atoms with Crippen LogP contribution in [-0.2, 0) is 11.3 Å². The molecule has 2 heterocycles. The van der Waals surface area contributed by atoms with E-state index in [9.17, 15) is 4.79 Å². The Morgan fingerprint density at radius 1 is 1.03 bits per heavy atom. The molecule has 0 aliphatic carbocycles. The van der Waals surface area contributed by atoms with Crippen LogP contribution in [0, 0.1) is 0 Å². The summed E-state index contributed by atoms with van der Waals surface area (Å²) in [6.45, 7) is 0.542. The molecular formula is C23H19Cl2N5OS. The van der Waals surface area contributed by atoms with Crippen molar-refractivity contribution in [2.75, 3.05) is 12.8 Å². The molecule has 2 aromatic carbocycles. The van der Waals surface area contributed by atoms with Gasteiger partial charge in [-0.25, -0.2) is 0 Å². The summed E-state index contributed by atoms with van der Waals surface area (Å²) in [5, 5.41) is 10.1. The van der Waals surface area contributed by atoms with Crippen LogP contribution in [0.3, 0.4) is 0 Å². The highest BCUT2D eigenvalue weighted by Crippen LogP contribution is 2.31. The van der Waals surface area contributed by atoms with Crippen molar-refractivity contribution in [3.05, 3.63) is 88.7 Å². The molecule has 0 atom stereocenters. The van der Waals surface area contributed by atoms with Gasteiger partial charge in [-0.05, 0) is 35.9 Å². The van der Waals surface area contributed by atoms with Crippen molar-refractivity contribution in [2.24, 2.45) is 0 Å². The molecule has 162 valence electrons. The minimum atomic E-state index is -0.00882. The van der Waals surface area contributed by atoms with Gasteiger partial charge in [0.15, 0.2) is 11.0 Å². The normalized spacial score (nSPS) is 10.8. The Labute approximate surface area is 200 Å². The predicted octanol–water partition coefficient (Wildman–Crippen LogP) is 5.39. The van der Waals surface area contributed by atoms with E-state index < -0.39 is 0 Å². The number of aromatic nitrogens is 4. The van der Waals surface area contributed by atoms with Crippen molar-refractivity contribution in [3.8, 4) is 17.1 Å². The summed E-state index contributed by atoms with van der Waals surface area (Å²) in [5.41, 5.74) is 2.62. The van der Waals surface area contributed by atoms with E-state index in [1.54, 1.807) is 36.5 Å². The summed E-state index contributed by atoms with van der Waals surface area (Å²) in [7, 11) is 1.79. The number of carbonyl (C=O) groups is 1. The zero-order chi connectivity index (χ0) is 22.5. The van der Waals surface area contributed by atoms with Gasteiger partial charge in [0.1, 0.15) is 0 Å². The summed E-state index contributed by atoms with van der Waals surface area (Å²) in [6, 6.07) is 18.9. The average molecular weight is 484 g/mol. The molecule has 1 amide bonds. The minimum Gasteiger partial charge on any atom is -0.341 e. The number of halogens is 2. The largest absolute Gasteiger partial charge is 0.341 e. The van der Waals surface area contributed by atoms with E-state index in [2.05, 4.69) is 15.2 Å². The molecule has 0 bridgehead atoms. The molecule has 0 unspecified atom stereocenters. The summed E-state index contributed by atoms with van der Waals surface area (Å²) < 4.78 is 1.86. The Balaban J connectivity index is 1.59. The molecule has 32 heavy (non-hydrogen) atoms. The lowest BCUT2D eigenvalue weighted by molar-refractivity contribution is -0.127. The second-order valence-corrected chi connectivity index (χ2v) is 8.76. The van der Waals surface area contributed by atoms with Gasteiger partial charge in [0.2, 0.25) is 5.91 Å². The maximum absolute atomic E-state index is 12.7. The highest BCUT2D eigenvalue weighted by atomic mass is 35.5. The number of hydrogen-bond acceptors (Lipinski definition) is 5. The van der Waals surface area contributed by atoms with Crippen LogP contribution < -0.4 is 0 Å². The summed E-state index contributed by atoms with van der Waals surface area (Å²) in [6.07, 6.45) is 3.41. The molecule has 4 aromatic rings. The van der Waals surface area contributed by atoms with Crippen LogP contribution in [0.2, 0.25) is 10.0 Å². The standard InChI is InChI=1S/C23H19Cl2N5OS/c1-29(14-16-6-3-2-4-7-16)21(31)15-32-23-28-27-22(17-8-5-11-26-13-17)30(23)18-9-10-19(24)20(25)12-18/h2-13H,14-15H2,1H3. The van der Waals surface area contributed by atoms with E-state index >= 15 is 0 Å². The Morgan fingerprint density at radius 2 is 1.84 bits per heavy atom. The van der Waals surface area contributed by atoms with Crippen LogP contribution in [-0.4, -0.2) is 43.4 Å². The molecule has 9 heteroatoms. The number of carbonyl (C=O) groups excluding carboxylic acids is 1. The molecule has 0 N–H and O–H groups in total. The first-order valence-corrected chi connectivity index (χ1v) is 11.5. The Morgan fingerprint density at radius 3 is 2.56 bits per heavy atom. The van der Waals surface area contributed by atoms with E-state index in [4.69, 9.17) is 23.2 Å². The highest BCUT2D eigenvalue weighted by molar-refractivity contribution is 7.99. The van der Waals surface area contributed by atoms with Crippen molar-refractivity contribution in [3.63, 3.8) is 0 Å². The van der Waals surface area contributed by atoms with E-state index in [-0.39, 0.29) is 11.7 Å². The monoisotopic (exact) mass is 483 g/mol. The second-order valence-electron chi connectivity index (χ2n) is 7.01. The van der Waals surface area contributed by atoms with Crippen molar-refractivity contribution >= 4 is 40.9 Å². The van der Waals surface area contributed by atoms with Gasteiger partial charge in [-0.15, -0.1) is 10.2 Å². The molecule has 0 aliphatic rings. The van der Waals surface area contributed by atoms with Crippen LogP contribution in [0.25, 0.3) is 17.1 Å². The zero-order valence-corrected chi connectivity index (χ0v) is 19.5. The van der Waals surface area contributed by atoms with E-state index in [0.717, 1.165) is 16.8 Å². The Hall–Kier alpha value is -2.87. The lowest BCUT2D eigenvalue weighted by Crippen LogP contribution is -2.27. The maximum atomic E-state index is 12.7. The smallest absolute Gasteiger partial charge is 0.233 e. The number of hydrogen-bond donors (Lipinski definition) is 0. The van der Waals surface area contributed by atoms with E-state index in [1.807, 2.05) is 53.1 Å². The van der Waals surface area contributed by atoms with Gasteiger partial charge in [-0.3, -0.25) is 14.3 Å². The molecule has 0 saturated heterocycles. The third-order valence-electron chi connectivity index (χ3n) is 4.73. The number of nitrogens with zero attached hydrogens (tertiary/aromatic N) is 5. The summed E-state index contributed by atoms with van der Waals surface area (Å²) >= 11 is 13.7. The van der Waals surface area contributed by atoms with Crippen molar-refractivity contribution < 1.29 is 4.79 Å². The van der Waals surface area contributed by atoms with Crippen LogP contribution in [0.5, 0.6) is 0 Å². The first-order valence-electron chi connectivity index (χ1n) is 9.75. The van der Waals surface area contributed by atoms with Gasteiger partial charge in [-0.2, -0.15) is 0 Å². The van der Waals surface area contributed by atoms with E-state index in [1.165, 1.54) is 11.8 Å². The highest BCUT2D eigenvalue weighted by Gasteiger charge is 2.19. The number of pyridine rings is 1. The van der Waals surface area contributed by atoms with Crippen LogP contribution in [0.4, 0.5) is 0 Å². The lowest BCUT2D eigenvalue weighted by Gasteiger charge is -2.17. The predicted molar refractivity (Wildman–Crippen MR) is 128 cm³/mol. The first kappa shape index (κ1) is 22.3. The number of amides is 1. The topological polar surface area (TPSA) is 63.9 Å². The quantitative estimate of drug-likeness (QED) is 0.330. The van der Waals surface area contributed by atoms with Gasteiger partial charge in [0.25, 0.3) is 0 Å². The van der Waals surface area contributed by atoms with Gasteiger partial charge < -0.3 is 4.90 Å². The van der Waals surface area contributed by atoms with Crippen LogP contribution in [0.15, 0.2) is 78.2 Å². The van der Waals surface area contributed by atoms with Gasteiger partial charge in [0, 0.05) is 31.5 Å². The van der Waals surface area contributed by atoms with Gasteiger partial charge in [0.05, 0.1) is 21.5 Å². The first-order chi connectivity index (χ1) is 15.5. The van der Waals surface area contributed by atoms with Crippen molar-refractivity contribution in [1.82, 2.24) is 24.6 Å². The van der Waals surface area contributed by atoms with Gasteiger partial charge in [-0.1, -0.05) is 65.3 Å². The summed E-state index contributed by atoms with van der Waals surface area (Å²) in [5.74, 6) is 0.810. The molecule has 2 aromatic heterocycles. The average Bonchev–Trinajstić information content (AvgIpc) is 3.24. The third kappa shape index (κ3) is 5.12. The number of thioether (sulfide) groups is 1. The van der Waals surface area contributed by atoms with Crippen LogP contribution >= 0.6 is 35.0 Å². The minimum absolute atomic E-state index is 0.00882. The lowest BCUT2D eigenvalue weighted by atomic mass is 10.2. The fourth-order valence-corrected chi connectivity index (χ4v) is 4.27. The van der Waals surface area contributed by atoms with Crippen molar-refractivity contribution in [2.45, 2.75) is 11.7 Å². The molecular weight excluding hydrogens is 465 g/mol. The molecule has 6 nitrogen and oxygen atoms in total. The molecule has 0 aliphatic heterocycles. The van der Waals surface area contributed by atoms with E-state index in [0.29, 0.717) is 27.6 Å². The zero-order valence-electron chi connectivity index (χ0n) is 17.2. The number of benzene rings is 2. The third-order valence-corrected chi connectivity index (χ3v) is 6.38. The second kappa shape index (κ2) is 10.2. The fourth-order valence-electron chi connectivity index (χ4n) is 3.08. The molecule has 0 spiro atoms. The number of rotatable bonds is 7. The Kier molecular flexibility index (Phi) is 7.09. The Bertz CT molecular complexity index is 1220. The molecule has 0 radical (unpaired) electrons. The molecule has 0 saturated carbocycles. The summed E-state index contributed by atoms with van der Waals surface area (Å²) in [4.78, 5) is 18.6. The fraction of sp³-hybridized carbons (Fsp3) is 0.130.